The lowest BCUT2D eigenvalue weighted by atomic mass is 10.2. The molecule has 0 aromatic carbocycles. The molecule has 0 saturated carbocycles. The molecule has 4 nitrogen and oxygen atoms in total. The number of nitrogens with zero attached hydrogens (tertiary/aromatic N) is 1. The molecule has 0 unspecified atom stereocenters. The second-order valence-electron chi connectivity index (χ2n) is 3.83. The molecular weight excluding hydrogens is 216 g/mol. The summed E-state index contributed by atoms with van der Waals surface area (Å²) in [5.41, 5.74) is 1.12. The third-order valence-electron chi connectivity index (χ3n) is 2.36. The van der Waals surface area contributed by atoms with Crippen LogP contribution >= 0.6 is 0 Å². The van der Waals surface area contributed by atoms with Crippen molar-refractivity contribution in [2.24, 2.45) is 0 Å². The second-order valence-corrected chi connectivity index (χ2v) is 3.83. The number of hydrogen-bond donors (Lipinski definition) is 1. The number of hydrogen-bond acceptors (Lipinski definition) is 4. The van der Waals surface area contributed by atoms with Crippen LogP contribution in [0.4, 0.5) is 0 Å². The van der Waals surface area contributed by atoms with Gasteiger partial charge < -0.3 is 14.8 Å². The highest BCUT2D eigenvalue weighted by Gasteiger charge is 2.02. The van der Waals surface area contributed by atoms with E-state index in [4.69, 9.17) is 9.47 Å². The lowest BCUT2D eigenvalue weighted by Crippen LogP contribution is -2.11. The Hall–Kier alpha value is -1.13. The summed E-state index contributed by atoms with van der Waals surface area (Å²) in [6.45, 7) is 4.96. The van der Waals surface area contributed by atoms with Crippen molar-refractivity contribution in [1.29, 1.82) is 0 Å². The van der Waals surface area contributed by atoms with Gasteiger partial charge in [0.05, 0.1) is 12.8 Å². The molecule has 1 N–H and O–H groups in total. The van der Waals surface area contributed by atoms with Gasteiger partial charge in [-0.05, 0) is 19.5 Å². The van der Waals surface area contributed by atoms with E-state index in [2.05, 4.69) is 17.2 Å². The highest BCUT2D eigenvalue weighted by Crippen LogP contribution is 2.15. The van der Waals surface area contributed by atoms with Gasteiger partial charge in [-0.3, -0.25) is 4.98 Å². The molecule has 17 heavy (non-hydrogen) atoms. The third kappa shape index (κ3) is 5.65. The maximum absolute atomic E-state index is 5.64. The van der Waals surface area contributed by atoms with Gasteiger partial charge in [-0.15, -0.1) is 0 Å². The van der Waals surface area contributed by atoms with Gasteiger partial charge in [-0.2, -0.15) is 0 Å². The summed E-state index contributed by atoms with van der Waals surface area (Å²) < 4.78 is 11.1. The van der Waals surface area contributed by atoms with Crippen molar-refractivity contribution in [3.05, 3.63) is 24.0 Å². The molecule has 96 valence electrons. The summed E-state index contributed by atoms with van der Waals surface area (Å²) in [6, 6.07) is 1.96. The first kappa shape index (κ1) is 13.9. The first-order valence-corrected chi connectivity index (χ1v) is 6.16. The predicted molar refractivity (Wildman–Crippen MR) is 68.2 cm³/mol. The standard InChI is InChI=1S/C13H22N2O2/c1-3-4-7-16-8-9-17-13-11-15-6-5-12(13)10-14-2/h5-6,11,14H,3-4,7-10H2,1-2H3. The van der Waals surface area contributed by atoms with Crippen LogP contribution in [0.3, 0.4) is 0 Å². The molecule has 0 amide bonds. The second kappa shape index (κ2) is 8.96. The van der Waals surface area contributed by atoms with E-state index >= 15 is 0 Å². The van der Waals surface area contributed by atoms with Crippen LogP contribution in [0.2, 0.25) is 0 Å². The summed E-state index contributed by atoms with van der Waals surface area (Å²) >= 11 is 0. The van der Waals surface area contributed by atoms with Crippen LogP contribution in [-0.4, -0.2) is 31.9 Å². The Labute approximate surface area is 103 Å². The molecule has 0 aliphatic carbocycles. The molecule has 0 aliphatic heterocycles. The van der Waals surface area contributed by atoms with Crippen LogP contribution in [-0.2, 0) is 11.3 Å². The molecule has 0 saturated heterocycles. The van der Waals surface area contributed by atoms with Crippen LogP contribution in [0, 0.1) is 0 Å². The Kier molecular flexibility index (Phi) is 7.34. The van der Waals surface area contributed by atoms with Gasteiger partial charge in [-0.25, -0.2) is 0 Å². The molecule has 1 aromatic heterocycles. The molecule has 0 atom stereocenters. The van der Waals surface area contributed by atoms with Crippen LogP contribution in [0.15, 0.2) is 18.5 Å². The Morgan fingerprint density at radius 1 is 1.29 bits per heavy atom. The van der Waals surface area contributed by atoms with E-state index in [9.17, 15) is 0 Å². The molecule has 1 rings (SSSR count). The number of rotatable bonds is 9. The maximum atomic E-state index is 5.64. The van der Waals surface area contributed by atoms with Crippen LogP contribution < -0.4 is 10.1 Å². The molecule has 0 radical (unpaired) electrons. The minimum Gasteiger partial charge on any atom is -0.489 e. The van der Waals surface area contributed by atoms with Crippen LogP contribution in [0.25, 0.3) is 0 Å². The largest absolute Gasteiger partial charge is 0.489 e. The SMILES string of the molecule is CCCCOCCOc1cnccc1CNC. The predicted octanol–water partition coefficient (Wildman–Crippen LogP) is 2.00. The quantitative estimate of drug-likeness (QED) is 0.668. The smallest absolute Gasteiger partial charge is 0.142 e. The molecule has 1 heterocycles. The number of unbranched alkanes of at least 4 members (excludes halogenated alkanes) is 1. The molecule has 4 heteroatoms. The van der Waals surface area contributed by atoms with Crippen molar-refractivity contribution in [2.45, 2.75) is 26.3 Å². The first-order valence-electron chi connectivity index (χ1n) is 6.16. The lowest BCUT2D eigenvalue weighted by Gasteiger charge is -2.10. The maximum Gasteiger partial charge on any atom is 0.142 e. The highest BCUT2D eigenvalue weighted by atomic mass is 16.5. The minimum atomic E-state index is 0.576. The molecule has 0 spiro atoms. The van der Waals surface area contributed by atoms with Crippen molar-refractivity contribution >= 4 is 0 Å². The van der Waals surface area contributed by atoms with E-state index in [1.807, 2.05) is 13.1 Å². The van der Waals surface area contributed by atoms with Gasteiger partial charge in [0.25, 0.3) is 0 Å². The Morgan fingerprint density at radius 2 is 2.18 bits per heavy atom. The topological polar surface area (TPSA) is 43.4 Å². The third-order valence-corrected chi connectivity index (χ3v) is 2.36. The van der Waals surface area contributed by atoms with Crippen LogP contribution in [0.5, 0.6) is 5.75 Å². The van der Waals surface area contributed by atoms with Crippen molar-refractivity contribution < 1.29 is 9.47 Å². The fourth-order valence-electron chi connectivity index (χ4n) is 1.43. The molecule has 0 fully saturated rings. The number of nitrogens with one attached hydrogen (secondary N) is 1. The van der Waals surface area contributed by atoms with E-state index < -0.39 is 0 Å². The van der Waals surface area contributed by atoms with Crippen molar-refractivity contribution in [2.75, 3.05) is 26.9 Å². The fourth-order valence-corrected chi connectivity index (χ4v) is 1.43. The zero-order valence-corrected chi connectivity index (χ0v) is 10.7. The number of ether oxygens (including phenoxy) is 2. The average Bonchev–Trinajstić information content (AvgIpc) is 2.36. The highest BCUT2D eigenvalue weighted by molar-refractivity contribution is 5.29. The molecule has 0 aliphatic rings. The zero-order chi connectivity index (χ0) is 12.3. The number of aromatic nitrogens is 1. The average molecular weight is 238 g/mol. The zero-order valence-electron chi connectivity index (χ0n) is 10.7. The summed E-state index contributed by atoms with van der Waals surface area (Å²) in [5.74, 6) is 0.834. The van der Waals surface area contributed by atoms with Gasteiger partial charge >= 0.3 is 0 Å². The van der Waals surface area contributed by atoms with Crippen molar-refractivity contribution in [3.63, 3.8) is 0 Å². The van der Waals surface area contributed by atoms with E-state index in [0.29, 0.717) is 13.2 Å². The Balaban J connectivity index is 2.25. The van der Waals surface area contributed by atoms with E-state index in [1.165, 1.54) is 0 Å². The summed E-state index contributed by atoms with van der Waals surface area (Å²) in [5, 5.41) is 3.10. The minimum absolute atomic E-state index is 0.576. The Morgan fingerprint density at radius 3 is 2.94 bits per heavy atom. The van der Waals surface area contributed by atoms with Crippen molar-refractivity contribution in [3.8, 4) is 5.75 Å². The summed E-state index contributed by atoms with van der Waals surface area (Å²) in [7, 11) is 1.91. The Bertz CT molecular complexity index is 305. The van der Waals surface area contributed by atoms with Gasteiger partial charge in [0.1, 0.15) is 12.4 Å². The van der Waals surface area contributed by atoms with E-state index in [-0.39, 0.29) is 0 Å². The first-order chi connectivity index (χ1) is 8.38. The monoisotopic (exact) mass is 238 g/mol. The van der Waals surface area contributed by atoms with Crippen LogP contribution in [0.1, 0.15) is 25.3 Å². The fraction of sp³-hybridized carbons (Fsp3) is 0.615. The van der Waals surface area contributed by atoms with Gasteiger partial charge in [0.15, 0.2) is 0 Å². The molecular formula is C13H22N2O2. The van der Waals surface area contributed by atoms with E-state index in [0.717, 1.165) is 37.3 Å². The van der Waals surface area contributed by atoms with Gasteiger partial charge in [0, 0.05) is 24.9 Å². The summed E-state index contributed by atoms with van der Waals surface area (Å²) in [4.78, 5) is 4.06. The van der Waals surface area contributed by atoms with Crippen molar-refractivity contribution in [1.82, 2.24) is 10.3 Å². The van der Waals surface area contributed by atoms with E-state index in [1.54, 1.807) is 12.4 Å². The molecule has 0 bridgehead atoms. The lowest BCUT2D eigenvalue weighted by molar-refractivity contribution is 0.0976. The molecule has 1 aromatic rings. The van der Waals surface area contributed by atoms with Gasteiger partial charge in [0.2, 0.25) is 0 Å². The normalized spacial score (nSPS) is 10.5. The number of pyridine rings is 1. The van der Waals surface area contributed by atoms with Gasteiger partial charge in [-0.1, -0.05) is 13.3 Å². The summed E-state index contributed by atoms with van der Waals surface area (Å²) in [6.07, 6.45) is 5.80.